The Bertz CT molecular complexity index is 96.3. The first kappa shape index (κ1) is 4.78. The van der Waals surface area contributed by atoms with E-state index in [4.69, 9.17) is 0 Å². The molecule has 2 heteroatoms. The number of hydrogen-bond donors (Lipinski definition) is 0. The van der Waals surface area contributed by atoms with Crippen LogP contribution >= 0.6 is 0 Å². The van der Waals surface area contributed by atoms with Gasteiger partial charge in [-0.15, -0.1) is 0 Å². The lowest BCUT2D eigenvalue weighted by atomic mass is 10.4. The summed E-state index contributed by atoms with van der Waals surface area (Å²) in [4.78, 5) is 5.97. The Hall–Kier alpha value is -0.370. The summed E-state index contributed by atoms with van der Waals surface area (Å²) in [7, 11) is 1.96. The van der Waals surface area contributed by atoms with Crippen LogP contribution in [0.25, 0.3) is 0 Å². The summed E-state index contributed by atoms with van der Waals surface area (Å²) in [6.07, 6.45) is 0. The Morgan fingerprint density at radius 1 is 1.86 bits per heavy atom. The molecule has 0 aliphatic carbocycles. The minimum atomic E-state index is 0.784. The van der Waals surface area contributed by atoms with E-state index in [0.717, 1.165) is 12.4 Å². The van der Waals surface area contributed by atoms with E-state index in [1.54, 1.807) is 0 Å². The number of rotatable bonds is 0. The lowest BCUT2D eigenvalue weighted by molar-refractivity contribution is 0.470. The van der Waals surface area contributed by atoms with Gasteiger partial charge in [-0.05, 0) is 14.0 Å². The van der Waals surface area contributed by atoms with Crippen molar-refractivity contribution in [2.45, 2.75) is 6.92 Å². The van der Waals surface area contributed by atoms with Gasteiger partial charge in [-0.2, -0.15) is 0 Å². The third kappa shape index (κ3) is 0.996. The van der Waals surface area contributed by atoms with Gasteiger partial charge in [-0.25, -0.2) is 0 Å². The van der Waals surface area contributed by atoms with Gasteiger partial charge >= 0.3 is 0 Å². The van der Waals surface area contributed by atoms with E-state index in [2.05, 4.69) is 11.5 Å². The van der Waals surface area contributed by atoms with Crippen molar-refractivity contribution in [1.29, 1.82) is 0 Å². The summed E-state index contributed by atoms with van der Waals surface area (Å²) < 4.78 is 0. The van der Waals surface area contributed by atoms with Crippen LogP contribution in [0.1, 0.15) is 6.92 Å². The quantitative estimate of drug-likeness (QED) is 0.426. The van der Waals surface area contributed by atoms with Crippen LogP contribution in [0.4, 0.5) is 0 Å². The fraction of sp³-hybridized carbons (Fsp3) is 0.600. The second-order valence-corrected chi connectivity index (χ2v) is 1.69. The van der Waals surface area contributed by atoms with Crippen molar-refractivity contribution in [1.82, 2.24) is 4.90 Å². The van der Waals surface area contributed by atoms with E-state index < -0.39 is 0 Å². The molecule has 1 aliphatic heterocycles. The molecule has 0 bridgehead atoms. The smallest absolute Gasteiger partial charge is 0.113 e. The van der Waals surface area contributed by atoms with Gasteiger partial charge in [0.15, 0.2) is 0 Å². The Morgan fingerprint density at radius 2 is 2.57 bits per heavy atom. The molecular weight excluding hydrogens is 88.1 g/mol. The van der Waals surface area contributed by atoms with Gasteiger partial charge in [0.25, 0.3) is 0 Å². The molecule has 0 atom stereocenters. The van der Waals surface area contributed by atoms with Gasteiger partial charge < -0.3 is 0 Å². The molecule has 0 fully saturated rings. The first-order valence-corrected chi connectivity index (χ1v) is 2.28. The topological polar surface area (TPSA) is 15.6 Å². The van der Waals surface area contributed by atoms with E-state index in [1.165, 1.54) is 0 Å². The van der Waals surface area contributed by atoms with Crippen LogP contribution in [-0.4, -0.2) is 24.3 Å². The second-order valence-electron chi connectivity index (χ2n) is 1.69. The fourth-order valence-corrected chi connectivity index (χ4v) is 0.559. The average Bonchev–Trinajstić information content (AvgIpc) is 1.87. The zero-order chi connectivity index (χ0) is 5.28. The van der Waals surface area contributed by atoms with E-state index in [9.17, 15) is 0 Å². The SMILES string of the molecule is CC1=NCN(C)[C]1. The maximum absolute atomic E-state index is 4.05. The van der Waals surface area contributed by atoms with Gasteiger partial charge in [0.2, 0.25) is 0 Å². The number of hydrogen-bond acceptors (Lipinski definition) is 2. The summed E-state index contributed by atoms with van der Waals surface area (Å²) in [5.74, 6) is 0. The van der Waals surface area contributed by atoms with Crippen molar-refractivity contribution in [2.24, 2.45) is 4.99 Å². The van der Waals surface area contributed by atoms with Crippen LogP contribution in [0.2, 0.25) is 0 Å². The number of nitrogens with zero attached hydrogens (tertiary/aromatic N) is 2. The number of aliphatic imine (C=N–C) groups is 1. The Morgan fingerprint density at radius 3 is 2.71 bits per heavy atom. The molecule has 1 rings (SSSR count). The predicted molar refractivity (Wildman–Crippen MR) is 29.0 cm³/mol. The predicted octanol–water partition coefficient (Wildman–Crippen LogP) is 0.389. The summed E-state index contributed by atoms with van der Waals surface area (Å²) in [5, 5.41) is 0. The normalized spacial score (nSPS) is 22.9. The minimum Gasteiger partial charge on any atom is -0.277 e. The Labute approximate surface area is 43.8 Å². The van der Waals surface area contributed by atoms with Crippen LogP contribution < -0.4 is 0 Å². The van der Waals surface area contributed by atoms with Crippen LogP contribution in [0.3, 0.4) is 0 Å². The fourth-order valence-electron chi connectivity index (χ4n) is 0.559. The third-order valence-electron chi connectivity index (χ3n) is 0.873. The van der Waals surface area contributed by atoms with E-state index >= 15 is 0 Å². The van der Waals surface area contributed by atoms with E-state index in [1.807, 2.05) is 18.9 Å². The zero-order valence-corrected chi connectivity index (χ0v) is 4.60. The molecule has 1 heterocycles. The van der Waals surface area contributed by atoms with Crippen molar-refractivity contribution < 1.29 is 0 Å². The highest BCUT2D eigenvalue weighted by Crippen LogP contribution is 1.99. The van der Waals surface area contributed by atoms with Crippen LogP contribution in [0.15, 0.2) is 4.99 Å². The Balaban J connectivity index is 2.42. The highest BCUT2D eigenvalue weighted by molar-refractivity contribution is 5.90. The van der Waals surface area contributed by atoms with Gasteiger partial charge in [-0.1, -0.05) is 0 Å². The van der Waals surface area contributed by atoms with E-state index in [-0.39, 0.29) is 0 Å². The monoisotopic (exact) mass is 96.1 g/mol. The highest BCUT2D eigenvalue weighted by atomic mass is 15.2. The van der Waals surface area contributed by atoms with Crippen molar-refractivity contribution in [2.75, 3.05) is 13.7 Å². The second kappa shape index (κ2) is 1.62. The molecule has 2 radical (unpaired) electrons. The van der Waals surface area contributed by atoms with Crippen molar-refractivity contribution >= 4 is 5.71 Å². The molecule has 0 aromatic carbocycles. The summed E-state index contributed by atoms with van der Waals surface area (Å²) >= 11 is 0. The van der Waals surface area contributed by atoms with Crippen molar-refractivity contribution in [3.05, 3.63) is 6.54 Å². The first-order valence-electron chi connectivity index (χ1n) is 2.28. The highest BCUT2D eigenvalue weighted by Gasteiger charge is 2.06. The van der Waals surface area contributed by atoms with Gasteiger partial charge in [-0.3, -0.25) is 9.89 Å². The molecule has 7 heavy (non-hydrogen) atoms. The lowest BCUT2D eigenvalue weighted by Gasteiger charge is -1.99. The average molecular weight is 96.1 g/mol. The minimum absolute atomic E-state index is 0.784. The zero-order valence-electron chi connectivity index (χ0n) is 4.60. The molecule has 0 saturated carbocycles. The van der Waals surface area contributed by atoms with Crippen molar-refractivity contribution in [3.8, 4) is 0 Å². The van der Waals surface area contributed by atoms with Gasteiger partial charge in [0, 0.05) is 5.71 Å². The van der Waals surface area contributed by atoms with Gasteiger partial charge in [0.1, 0.15) is 6.54 Å². The van der Waals surface area contributed by atoms with Gasteiger partial charge in [0.05, 0.1) is 6.67 Å². The summed E-state index contributed by atoms with van der Waals surface area (Å²) in [5.41, 5.74) is 1.00. The Kier molecular flexibility index (Phi) is 1.11. The summed E-state index contributed by atoms with van der Waals surface area (Å²) in [6.45, 7) is 5.73. The third-order valence-corrected chi connectivity index (χ3v) is 0.873. The molecule has 1 aliphatic rings. The molecule has 0 saturated heterocycles. The van der Waals surface area contributed by atoms with Crippen LogP contribution in [0, 0.1) is 6.54 Å². The summed E-state index contributed by atoms with van der Waals surface area (Å²) in [6, 6.07) is 0. The van der Waals surface area contributed by atoms with Crippen LogP contribution in [-0.2, 0) is 0 Å². The van der Waals surface area contributed by atoms with Crippen molar-refractivity contribution in [3.63, 3.8) is 0 Å². The van der Waals surface area contributed by atoms with Crippen LogP contribution in [0.5, 0.6) is 0 Å². The molecule has 0 unspecified atom stereocenters. The maximum Gasteiger partial charge on any atom is 0.113 e. The largest absolute Gasteiger partial charge is 0.277 e. The first-order chi connectivity index (χ1) is 3.29. The molecule has 2 nitrogen and oxygen atoms in total. The standard InChI is InChI=1S/C5H8N2/c1-5-3-7(2)4-6-5/h4H2,1-2H3. The van der Waals surface area contributed by atoms with E-state index in [0.29, 0.717) is 0 Å². The molecule has 0 spiro atoms. The molecule has 0 aromatic heterocycles. The maximum atomic E-state index is 4.05. The molecule has 0 N–H and O–H groups in total. The molecular formula is C5H8N2. The lowest BCUT2D eigenvalue weighted by Crippen LogP contribution is -2.09. The molecule has 38 valence electrons. The molecule has 0 amide bonds. The molecule has 0 aromatic rings.